The normalized spacial score (nSPS) is 17.6. The summed E-state index contributed by atoms with van der Waals surface area (Å²) in [7, 11) is -4.55. The molecule has 0 saturated carbocycles. The second-order valence-electron chi connectivity index (χ2n) is 4.22. The van der Waals surface area contributed by atoms with Gasteiger partial charge in [0.05, 0.1) is 21.8 Å². The molecule has 0 aromatic heterocycles. The van der Waals surface area contributed by atoms with Crippen molar-refractivity contribution in [3.63, 3.8) is 0 Å². The van der Waals surface area contributed by atoms with E-state index in [-0.39, 0.29) is 11.4 Å². The summed E-state index contributed by atoms with van der Waals surface area (Å²) in [5.74, 6) is -0.421. The van der Waals surface area contributed by atoms with Crippen LogP contribution in [0.15, 0.2) is 17.0 Å². The van der Waals surface area contributed by atoms with E-state index in [0.717, 1.165) is 6.07 Å². The molecule has 0 amide bonds. The van der Waals surface area contributed by atoms with E-state index in [4.69, 9.17) is 16.3 Å². The summed E-state index contributed by atoms with van der Waals surface area (Å²) in [5.41, 5.74) is 3.82. The highest BCUT2D eigenvalue weighted by Gasteiger charge is 2.38. The van der Waals surface area contributed by atoms with Gasteiger partial charge in [-0.05, 0) is 12.1 Å². The number of guanidine groups is 1. The van der Waals surface area contributed by atoms with Crippen LogP contribution in [-0.4, -0.2) is 20.7 Å². The number of nitrogens with two attached hydrogens (primary N) is 2. The van der Waals surface area contributed by atoms with Crippen LogP contribution in [0.3, 0.4) is 0 Å². The lowest BCUT2D eigenvalue weighted by Gasteiger charge is -2.13. The number of rotatable bonds is 2. The van der Waals surface area contributed by atoms with Gasteiger partial charge in [0.25, 0.3) is 0 Å². The maximum atomic E-state index is 12.9. The molecule has 116 valence electrons. The minimum atomic E-state index is -4.88. The molecule has 0 spiro atoms. The molecule has 1 aliphatic rings. The van der Waals surface area contributed by atoms with Crippen LogP contribution in [0.1, 0.15) is 5.56 Å². The minimum absolute atomic E-state index is 0.00785. The van der Waals surface area contributed by atoms with Crippen molar-refractivity contribution in [2.75, 3.05) is 10.6 Å². The molecule has 1 heterocycles. The number of halogens is 3. The Labute approximate surface area is 117 Å². The van der Waals surface area contributed by atoms with Gasteiger partial charge in [0.15, 0.2) is 12.2 Å². The number of sulfonamides is 1. The average Bonchev–Trinajstić information content (AvgIpc) is 2.64. The lowest BCUT2D eigenvalue weighted by Crippen LogP contribution is -2.45. The van der Waals surface area contributed by atoms with Crippen molar-refractivity contribution < 1.29 is 21.6 Å². The quantitative estimate of drug-likeness (QED) is 0.332. The van der Waals surface area contributed by atoms with E-state index in [2.05, 4.69) is 16.0 Å². The first-order valence-electron chi connectivity index (χ1n) is 5.40. The fraction of sp³-hybridized carbons (Fsp3) is 0.222. The smallest absolute Gasteiger partial charge is 0.370 e. The van der Waals surface area contributed by atoms with Gasteiger partial charge in [0.1, 0.15) is 0 Å². The Bertz CT molecular complexity index is 702. The monoisotopic (exact) mass is 324 g/mol. The van der Waals surface area contributed by atoms with Crippen molar-refractivity contribution in [3.05, 3.63) is 17.7 Å². The number of nitrogens with one attached hydrogen (secondary N) is 4. The third-order valence-electron chi connectivity index (χ3n) is 2.63. The number of primary sulfonamides is 1. The fourth-order valence-electron chi connectivity index (χ4n) is 1.85. The molecule has 0 fully saturated rings. The van der Waals surface area contributed by atoms with Gasteiger partial charge >= 0.3 is 6.18 Å². The van der Waals surface area contributed by atoms with Crippen molar-refractivity contribution in [1.29, 1.82) is 5.41 Å². The summed E-state index contributed by atoms with van der Waals surface area (Å²) in [6.07, 6.45) is -5.72. The zero-order valence-electron chi connectivity index (χ0n) is 10.2. The number of fused-ring (bicyclic) bond motifs is 1. The van der Waals surface area contributed by atoms with Crippen LogP contribution < -0.4 is 26.8 Å². The van der Waals surface area contributed by atoms with Crippen LogP contribution in [0, 0.1) is 5.41 Å². The SMILES string of the molecule is N=C(N)NC1Nc2cc(C(F)(F)F)c(S(N)(=O)=O)cc2N1. The number of benzene rings is 1. The van der Waals surface area contributed by atoms with Gasteiger partial charge in [-0.25, -0.2) is 13.6 Å². The molecular weight excluding hydrogens is 313 g/mol. The largest absolute Gasteiger partial charge is 0.417 e. The highest BCUT2D eigenvalue weighted by Crippen LogP contribution is 2.40. The third-order valence-corrected chi connectivity index (χ3v) is 3.58. The molecule has 0 radical (unpaired) electrons. The number of anilines is 2. The number of hydrogen-bond donors (Lipinski definition) is 6. The maximum Gasteiger partial charge on any atom is 0.417 e. The molecule has 12 heteroatoms. The molecular formula is C9H11F3N6O2S. The molecule has 1 atom stereocenters. The van der Waals surface area contributed by atoms with E-state index in [1.165, 1.54) is 0 Å². The molecule has 0 saturated heterocycles. The van der Waals surface area contributed by atoms with Crippen LogP contribution >= 0.6 is 0 Å². The molecule has 8 nitrogen and oxygen atoms in total. The zero-order valence-corrected chi connectivity index (χ0v) is 11.1. The first-order chi connectivity index (χ1) is 9.48. The summed E-state index contributed by atoms with van der Waals surface area (Å²) >= 11 is 0. The molecule has 2 rings (SSSR count). The van der Waals surface area contributed by atoms with E-state index in [0.29, 0.717) is 6.07 Å². The lowest BCUT2D eigenvalue weighted by molar-refractivity contribution is -0.139. The summed E-state index contributed by atoms with van der Waals surface area (Å²) in [6, 6.07) is 1.41. The Morgan fingerprint density at radius 1 is 1.29 bits per heavy atom. The van der Waals surface area contributed by atoms with Gasteiger partial charge in [-0.3, -0.25) is 5.41 Å². The Hall–Kier alpha value is -2.21. The van der Waals surface area contributed by atoms with E-state index in [1.54, 1.807) is 0 Å². The maximum absolute atomic E-state index is 12.9. The Kier molecular flexibility index (Phi) is 3.37. The second kappa shape index (κ2) is 4.66. The number of alkyl halides is 3. The van der Waals surface area contributed by atoms with Crippen LogP contribution in [0.2, 0.25) is 0 Å². The van der Waals surface area contributed by atoms with Crippen LogP contribution in [-0.2, 0) is 16.2 Å². The molecule has 1 aliphatic heterocycles. The summed E-state index contributed by atoms with van der Waals surface area (Å²) < 4.78 is 61.4. The van der Waals surface area contributed by atoms with E-state index in [9.17, 15) is 21.6 Å². The minimum Gasteiger partial charge on any atom is -0.370 e. The Morgan fingerprint density at radius 2 is 1.81 bits per heavy atom. The van der Waals surface area contributed by atoms with Crippen LogP contribution in [0.4, 0.5) is 24.5 Å². The van der Waals surface area contributed by atoms with Crippen molar-refractivity contribution in [2.24, 2.45) is 10.9 Å². The topological polar surface area (TPSA) is 146 Å². The van der Waals surface area contributed by atoms with Crippen molar-refractivity contribution >= 4 is 27.4 Å². The van der Waals surface area contributed by atoms with Gasteiger partial charge in [0.2, 0.25) is 10.0 Å². The van der Waals surface area contributed by atoms with Crippen LogP contribution in [0.5, 0.6) is 0 Å². The Balaban J connectivity index is 2.51. The summed E-state index contributed by atoms with van der Waals surface area (Å²) in [4.78, 5) is -1.04. The summed E-state index contributed by atoms with van der Waals surface area (Å²) in [5, 5.41) is 19.4. The van der Waals surface area contributed by atoms with E-state index in [1.807, 2.05) is 0 Å². The second-order valence-corrected chi connectivity index (χ2v) is 5.75. The van der Waals surface area contributed by atoms with Gasteiger partial charge in [-0.2, -0.15) is 13.2 Å². The van der Waals surface area contributed by atoms with E-state index >= 15 is 0 Å². The highest BCUT2D eigenvalue weighted by molar-refractivity contribution is 7.89. The fourth-order valence-corrected chi connectivity index (χ4v) is 2.61. The zero-order chi connectivity index (χ0) is 16.0. The van der Waals surface area contributed by atoms with Crippen molar-refractivity contribution in [1.82, 2.24) is 5.32 Å². The van der Waals surface area contributed by atoms with Crippen molar-refractivity contribution in [3.8, 4) is 0 Å². The molecule has 1 aromatic carbocycles. The predicted octanol–water partition coefficient (Wildman–Crippen LogP) is -0.0431. The van der Waals surface area contributed by atoms with Crippen molar-refractivity contribution in [2.45, 2.75) is 17.4 Å². The molecule has 1 aromatic rings. The molecule has 1 unspecified atom stereocenters. The van der Waals surface area contributed by atoms with E-state index < -0.39 is 38.9 Å². The highest BCUT2D eigenvalue weighted by atomic mass is 32.2. The molecule has 0 aliphatic carbocycles. The standard InChI is InChI=1S/C9H11F3N6O2S/c10-9(11,12)3-1-4-5(2-6(3)21(15,19)20)17-8(16-4)18-7(13)14/h1-2,8,16-17H,(H4,13,14,18)(H2,15,19,20). The Morgan fingerprint density at radius 3 is 2.24 bits per heavy atom. The third kappa shape index (κ3) is 3.11. The number of hydrogen-bond acceptors (Lipinski definition) is 5. The van der Waals surface area contributed by atoms with Gasteiger partial charge in [-0.1, -0.05) is 0 Å². The lowest BCUT2D eigenvalue weighted by atomic mass is 10.1. The molecule has 0 bridgehead atoms. The van der Waals surface area contributed by atoms with Crippen LogP contribution in [0.25, 0.3) is 0 Å². The first-order valence-corrected chi connectivity index (χ1v) is 6.95. The van der Waals surface area contributed by atoms with Gasteiger partial charge in [-0.15, -0.1) is 0 Å². The van der Waals surface area contributed by atoms with Gasteiger partial charge in [0, 0.05) is 0 Å². The predicted molar refractivity (Wildman–Crippen MR) is 68.9 cm³/mol. The molecule has 8 N–H and O–H groups in total. The summed E-state index contributed by atoms with van der Waals surface area (Å²) in [6.45, 7) is 0. The van der Waals surface area contributed by atoms with Gasteiger partial charge < -0.3 is 21.7 Å². The first kappa shape index (κ1) is 15.2. The average molecular weight is 324 g/mol. The molecule has 21 heavy (non-hydrogen) atoms.